The summed E-state index contributed by atoms with van der Waals surface area (Å²) in [4.78, 5) is 25.0. The van der Waals surface area contributed by atoms with Gasteiger partial charge in [-0.15, -0.1) is 11.3 Å². The van der Waals surface area contributed by atoms with Crippen LogP contribution in [-0.2, 0) is 9.53 Å². The van der Waals surface area contributed by atoms with E-state index in [1.165, 1.54) is 5.56 Å². The molecule has 3 rings (SSSR count). The highest BCUT2D eigenvalue weighted by molar-refractivity contribution is 7.18. The Kier molecular flexibility index (Phi) is 4.54. The molecule has 0 saturated carbocycles. The summed E-state index contributed by atoms with van der Waals surface area (Å²) >= 11 is 1.69. The van der Waals surface area contributed by atoms with Crippen LogP contribution in [0.2, 0.25) is 0 Å². The molecule has 1 aliphatic rings. The molecule has 1 saturated heterocycles. The van der Waals surface area contributed by atoms with Gasteiger partial charge >= 0.3 is 0 Å². The van der Waals surface area contributed by atoms with Gasteiger partial charge in [-0.3, -0.25) is 4.79 Å². The predicted molar refractivity (Wildman–Crippen MR) is 87.4 cm³/mol. The molecule has 7 heteroatoms. The van der Waals surface area contributed by atoms with Crippen molar-refractivity contribution >= 4 is 33.3 Å². The molecule has 3 heterocycles. The molecule has 22 heavy (non-hydrogen) atoms. The Morgan fingerprint density at radius 2 is 2.09 bits per heavy atom. The average molecular weight is 320 g/mol. The number of hydrogen-bond acceptors (Lipinski definition) is 6. The summed E-state index contributed by atoms with van der Waals surface area (Å²) in [5.74, 6) is 1.16. The van der Waals surface area contributed by atoms with Gasteiger partial charge in [-0.2, -0.15) is 0 Å². The fraction of sp³-hybridized carbons (Fsp3) is 0.533. The number of ether oxygens (including phenoxy) is 1. The molecule has 2 aromatic rings. The molecule has 0 unspecified atom stereocenters. The molecule has 0 spiro atoms. The number of methoxy groups -OCH3 is 1. The summed E-state index contributed by atoms with van der Waals surface area (Å²) < 4.78 is 6.11. The summed E-state index contributed by atoms with van der Waals surface area (Å²) in [6.07, 6.45) is 2.09. The highest BCUT2D eigenvalue weighted by Crippen LogP contribution is 2.31. The molecule has 0 radical (unpaired) electrons. The molecule has 118 valence electrons. The zero-order valence-electron chi connectivity index (χ0n) is 12.9. The Labute approximate surface area is 133 Å². The van der Waals surface area contributed by atoms with E-state index in [0.29, 0.717) is 13.0 Å². The van der Waals surface area contributed by atoms with Crippen molar-refractivity contribution in [1.29, 1.82) is 0 Å². The van der Waals surface area contributed by atoms with Crippen molar-refractivity contribution in [3.8, 4) is 0 Å². The first-order valence-electron chi connectivity index (χ1n) is 7.41. The van der Waals surface area contributed by atoms with Crippen molar-refractivity contribution in [1.82, 2.24) is 14.9 Å². The lowest BCUT2D eigenvalue weighted by Gasteiger charge is -2.35. The quantitative estimate of drug-likeness (QED) is 0.858. The summed E-state index contributed by atoms with van der Waals surface area (Å²) in [7, 11) is 1.62. The Bertz CT molecular complexity index is 665. The number of anilines is 1. The maximum Gasteiger partial charge on any atom is 0.225 e. The smallest absolute Gasteiger partial charge is 0.225 e. The van der Waals surface area contributed by atoms with Crippen LogP contribution in [0.4, 0.5) is 5.82 Å². The van der Waals surface area contributed by atoms with Crippen molar-refractivity contribution in [2.75, 3.05) is 44.8 Å². The molecule has 1 aliphatic heterocycles. The maximum absolute atomic E-state index is 12.0. The van der Waals surface area contributed by atoms with Gasteiger partial charge in [0.15, 0.2) is 0 Å². The highest BCUT2D eigenvalue weighted by Gasteiger charge is 2.23. The zero-order chi connectivity index (χ0) is 15.5. The Morgan fingerprint density at radius 1 is 1.32 bits per heavy atom. The van der Waals surface area contributed by atoms with E-state index in [-0.39, 0.29) is 5.91 Å². The fourth-order valence-corrected chi connectivity index (χ4v) is 3.72. The summed E-state index contributed by atoms with van der Waals surface area (Å²) in [6, 6.07) is 0. The third-order valence-corrected chi connectivity index (χ3v) is 5.05. The van der Waals surface area contributed by atoms with E-state index in [1.54, 1.807) is 24.8 Å². The van der Waals surface area contributed by atoms with E-state index >= 15 is 0 Å². The third-order valence-electron chi connectivity index (χ3n) is 3.96. The van der Waals surface area contributed by atoms with Gasteiger partial charge in [-0.25, -0.2) is 9.97 Å². The first-order chi connectivity index (χ1) is 10.7. The van der Waals surface area contributed by atoms with Crippen LogP contribution >= 0.6 is 11.3 Å². The SMILES string of the molecule is COCCC(=O)N1CCN(c2ncnc3c(C)csc23)CC1. The minimum atomic E-state index is 0.168. The Morgan fingerprint density at radius 3 is 2.82 bits per heavy atom. The lowest BCUT2D eigenvalue weighted by molar-refractivity contribution is -0.132. The van der Waals surface area contributed by atoms with E-state index in [2.05, 4.69) is 27.2 Å². The number of carbonyl (C=O) groups is 1. The van der Waals surface area contributed by atoms with Crippen LogP contribution in [0, 0.1) is 6.92 Å². The molecule has 0 aromatic carbocycles. The van der Waals surface area contributed by atoms with Gasteiger partial charge in [-0.05, 0) is 17.9 Å². The molecule has 6 nitrogen and oxygen atoms in total. The largest absolute Gasteiger partial charge is 0.384 e. The molecule has 1 amide bonds. The van der Waals surface area contributed by atoms with E-state index in [1.807, 2.05) is 4.90 Å². The summed E-state index contributed by atoms with van der Waals surface area (Å²) in [5, 5.41) is 2.12. The van der Waals surface area contributed by atoms with Gasteiger partial charge in [0, 0.05) is 33.3 Å². The zero-order valence-corrected chi connectivity index (χ0v) is 13.7. The number of piperazine rings is 1. The molecule has 0 bridgehead atoms. The third kappa shape index (κ3) is 2.91. The molecule has 2 aromatic heterocycles. The molecular formula is C15H20N4O2S. The van der Waals surface area contributed by atoms with Crippen molar-refractivity contribution in [2.45, 2.75) is 13.3 Å². The van der Waals surface area contributed by atoms with Crippen LogP contribution in [0.3, 0.4) is 0 Å². The van der Waals surface area contributed by atoms with Gasteiger partial charge in [-0.1, -0.05) is 0 Å². The number of carbonyl (C=O) groups excluding carboxylic acids is 1. The second-order valence-corrected chi connectivity index (χ2v) is 6.28. The fourth-order valence-electron chi connectivity index (χ4n) is 2.70. The van der Waals surface area contributed by atoms with Crippen LogP contribution in [0.25, 0.3) is 10.2 Å². The number of nitrogens with zero attached hydrogens (tertiary/aromatic N) is 4. The van der Waals surface area contributed by atoms with Crippen LogP contribution < -0.4 is 4.90 Å². The van der Waals surface area contributed by atoms with Gasteiger partial charge < -0.3 is 14.5 Å². The van der Waals surface area contributed by atoms with E-state index < -0.39 is 0 Å². The monoisotopic (exact) mass is 320 g/mol. The number of aromatic nitrogens is 2. The number of rotatable bonds is 4. The topological polar surface area (TPSA) is 58.6 Å². The van der Waals surface area contributed by atoms with Crippen LogP contribution in [0.5, 0.6) is 0 Å². The van der Waals surface area contributed by atoms with Crippen molar-refractivity contribution in [2.24, 2.45) is 0 Å². The van der Waals surface area contributed by atoms with E-state index in [0.717, 1.165) is 42.2 Å². The second-order valence-electron chi connectivity index (χ2n) is 5.40. The lowest BCUT2D eigenvalue weighted by atomic mass is 10.2. The molecule has 0 aliphatic carbocycles. The van der Waals surface area contributed by atoms with Crippen LogP contribution in [-0.4, -0.2) is 60.7 Å². The van der Waals surface area contributed by atoms with E-state index in [4.69, 9.17) is 4.74 Å². The van der Waals surface area contributed by atoms with Crippen LogP contribution in [0.1, 0.15) is 12.0 Å². The van der Waals surface area contributed by atoms with Crippen molar-refractivity contribution in [3.63, 3.8) is 0 Å². The minimum absolute atomic E-state index is 0.168. The number of aryl methyl sites for hydroxylation is 1. The normalized spacial score (nSPS) is 15.5. The Balaban J connectivity index is 1.69. The highest BCUT2D eigenvalue weighted by atomic mass is 32.1. The lowest BCUT2D eigenvalue weighted by Crippen LogP contribution is -2.49. The molecule has 0 atom stereocenters. The minimum Gasteiger partial charge on any atom is -0.384 e. The first-order valence-corrected chi connectivity index (χ1v) is 8.29. The van der Waals surface area contributed by atoms with Gasteiger partial charge in [0.25, 0.3) is 0 Å². The summed E-state index contributed by atoms with van der Waals surface area (Å²) in [5.41, 5.74) is 2.23. The van der Waals surface area contributed by atoms with Crippen molar-refractivity contribution < 1.29 is 9.53 Å². The predicted octanol–water partition coefficient (Wildman–Crippen LogP) is 1.68. The number of thiophene rings is 1. The number of hydrogen-bond donors (Lipinski definition) is 0. The summed E-state index contributed by atoms with van der Waals surface area (Å²) in [6.45, 7) is 5.64. The second kappa shape index (κ2) is 6.58. The molecule has 0 N–H and O–H groups in total. The first kappa shape index (κ1) is 15.2. The molecule has 1 fully saturated rings. The van der Waals surface area contributed by atoms with Crippen LogP contribution in [0.15, 0.2) is 11.7 Å². The van der Waals surface area contributed by atoms with Gasteiger partial charge in [0.1, 0.15) is 12.1 Å². The standard InChI is InChI=1S/C15H20N4O2S/c1-11-9-22-14-13(11)16-10-17-15(14)19-6-4-18(5-7-19)12(20)3-8-21-2/h9-10H,3-8H2,1-2H3. The van der Waals surface area contributed by atoms with E-state index in [9.17, 15) is 4.79 Å². The average Bonchev–Trinajstić information content (AvgIpc) is 2.94. The van der Waals surface area contributed by atoms with Gasteiger partial charge in [0.2, 0.25) is 5.91 Å². The van der Waals surface area contributed by atoms with Crippen molar-refractivity contribution in [3.05, 3.63) is 17.3 Å². The Hall–Kier alpha value is -1.73. The maximum atomic E-state index is 12.0. The number of fused-ring (bicyclic) bond motifs is 1. The molecular weight excluding hydrogens is 300 g/mol. The van der Waals surface area contributed by atoms with Gasteiger partial charge in [0.05, 0.1) is 23.2 Å². The number of amides is 1.